The molecule has 1 spiro atoms. The van der Waals surface area contributed by atoms with Crippen LogP contribution in [0.3, 0.4) is 0 Å². The van der Waals surface area contributed by atoms with Gasteiger partial charge in [0.15, 0.2) is 0 Å². The highest BCUT2D eigenvalue weighted by atomic mass is 16.3. The monoisotopic (exact) mass is 277 g/mol. The van der Waals surface area contributed by atoms with Crippen molar-refractivity contribution >= 4 is 0 Å². The van der Waals surface area contributed by atoms with Crippen molar-refractivity contribution in [3.05, 3.63) is 0 Å². The number of hydrogen-bond acceptors (Lipinski definition) is 2. The summed E-state index contributed by atoms with van der Waals surface area (Å²) in [6, 6.07) is 1.12. The number of aliphatic hydroxyl groups is 1. The summed E-state index contributed by atoms with van der Waals surface area (Å²) in [6.45, 7) is 0. The van der Waals surface area contributed by atoms with Crippen LogP contribution >= 0.6 is 0 Å². The van der Waals surface area contributed by atoms with Crippen molar-refractivity contribution in [1.82, 2.24) is 5.32 Å². The van der Waals surface area contributed by atoms with Crippen molar-refractivity contribution in [1.29, 1.82) is 0 Å². The smallest absolute Gasteiger partial charge is 0.0721 e. The molecule has 0 heterocycles. The zero-order valence-corrected chi connectivity index (χ0v) is 12.8. The zero-order chi connectivity index (χ0) is 13.6. The number of rotatable bonds is 6. The van der Waals surface area contributed by atoms with E-state index in [2.05, 4.69) is 5.32 Å². The molecular weight excluding hydrogens is 246 g/mol. The van der Waals surface area contributed by atoms with E-state index in [-0.39, 0.29) is 6.10 Å². The first-order valence-electron chi connectivity index (χ1n) is 9.18. The first kappa shape index (κ1) is 13.6. The van der Waals surface area contributed by atoms with Crippen molar-refractivity contribution in [3.63, 3.8) is 0 Å². The van der Waals surface area contributed by atoms with E-state index in [9.17, 15) is 5.11 Å². The second-order valence-corrected chi connectivity index (χ2v) is 8.45. The highest BCUT2D eigenvalue weighted by molar-refractivity contribution is 5.08. The molecule has 0 radical (unpaired) electrons. The van der Waals surface area contributed by atoms with Crippen LogP contribution in [0.5, 0.6) is 0 Å². The molecule has 2 atom stereocenters. The largest absolute Gasteiger partial charge is 0.391 e. The van der Waals surface area contributed by atoms with Gasteiger partial charge in [0.1, 0.15) is 0 Å². The maximum Gasteiger partial charge on any atom is 0.0721 e. The van der Waals surface area contributed by atoms with Crippen molar-refractivity contribution in [2.24, 2.45) is 17.3 Å². The maximum atomic E-state index is 10.6. The van der Waals surface area contributed by atoms with Crippen LogP contribution in [0.2, 0.25) is 0 Å². The van der Waals surface area contributed by atoms with E-state index in [0.29, 0.717) is 12.0 Å². The van der Waals surface area contributed by atoms with Gasteiger partial charge in [-0.2, -0.15) is 0 Å². The van der Waals surface area contributed by atoms with Gasteiger partial charge >= 0.3 is 0 Å². The van der Waals surface area contributed by atoms with Crippen LogP contribution in [-0.2, 0) is 0 Å². The van der Waals surface area contributed by atoms with Crippen LogP contribution in [0.15, 0.2) is 0 Å². The summed E-state index contributed by atoms with van der Waals surface area (Å²) < 4.78 is 0. The summed E-state index contributed by atoms with van der Waals surface area (Å²) in [5, 5.41) is 14.5. The summed E-state index contributed by atoms with van der Waals surface area (Å²) >= 11 is 0. The Kier molecular flexibility index (Phi) is 3.58. The van der Waals surface area contributed by atoms with Crippen LogP contribution in [0, 0.1) is 17.3 Å². The number of hydrogen-bond donors (Lipinski definition) is 2. The molecule has 114 valence electrons. The van der Waals surface area contributed by atoms with Gasteiger partial charge in [0.05, 0.1) is 6.10 Å². The predicted molar refractivity (Wildman–Crippen MR) is 81.5 cm³/mol. The maximum absolute atomic E-state index is 10.6. The average Bonchev–Trinajstić information content (AvgIpc) is 3.29. The molecule has 4 saturated carbocycles. The van der Waals surface area contributed by atoms with E-state index in [1.54, 1.807) is 0 Å². The van der Waals surface area contributed by atoms with E-state index < -0.39 is 0 Å². The van der Waals surface area contributed by atoms with Crippen LogP contribution in [0.1, 0.15) is 77.0 Å². The quantitative estimate of drug-likeness (QED) is 0.777. The lowest BCUT2D eigenvalue weighted by molar-refractivity contribution is 0.0641. The molecule has 2 unspecified atom stereocenters. The Morgan fingerprint density at radius 2 is 1.70 bits per heavy atom. The van der Waals surface area contributed by atoms with Crippen LogP contribution in [-0.4, -0.2) is 23.3 Å². The van der Waals surface area contributed by atoms with Crippen molar-refractivity contribution in [3.8, 4) is 0 Å². The third-order valence-electron chi connectivity index (χ3n) is 6.59. The fraction of sp³-hybridized carbons (Fsp3) is 1.00. The molecular formula is C18H31NO. The average molecular weight is 277 g/mol. The number of aliphatic hydroxyl groups excluding tert-OH is 1. The minimum absolute atomic E-state index is 0.0623. The lowest BCUT2D eigenvalue weighted by atomic mass is 9.75. The molecule has 4 fully saturated rings. The van der Waals surface area contributed by atoms with E-state index in [1.165, 1.54) is 77.0 Å². The summed E-state index contributed by atoms with van der Waals surface area (Å²) in [7, 11) is 0. The highest BCUT2D eigenvalue weighted by Crippen LogP contribution is 2.60. The predicted octanol–water partition coefficient (Wildman–Crippen LogP) is 3.63. The van der Waals surface area contributed by atoms with Crippen molar-refractivity contribution in [2.45, 2.75) is 95.2 Å². The van der Waals surface area contributed by atoms with Crippen LogP contribution < -0.4 is 5.32 Å². The fourth-order valence-corrected chi connectivity index (χ4v) is 4.85. The SMILES string of the molecule is OC(C1CC1)C(CC1CCCCC1)NC1CC2(CC2)C1. The first-order valence-corrected chi connectivity index (χ1v) is 9.18. The zero-order valence-electron chi connectivity index (χ0n) is 12.8. The van der Waals surface area contributed by atoms with Gasteiger partial charge in [0.25, 0.3) is 0 Å². The Hall–Kier alpha value is -0.0800. The van der Waals surface area contributed by atoms with Gasteiger partial charge in [-0.1, -0.05) is 32.1 Å². The molecule has 2 heteroatoms. The fourth-order valence-electron chi connectivity index (χ4n) is 4.85. The van der Waals surface area contributed by atoms with Crippen molar-refractivity contribution in [2.75, 3.05) is 0 Å². The molecule has 4 aliphatic rings. The Morgan fingerprint density at radius 3 is 2.30 bits per heavy atom. The van der Waals surface area contributed by atoms with Gasteiger partial charge in [-0.3, -0.25) is 0 Å². The molecule has 4 aliphatic carbocycles. The van der Waals surface area contributed by atoms with Gasteiger partial charge in [-0.15, -0.1) is 0 Å². The molecule has 0 aromatic carbocycles. The second-order valence-electron chi connectivity index (χ2n) is 8.45. The van der Waals surface area contributed by atoms with Crippen LogP contribution in [0.25, 0.3) is 0 Å². The van der Waals surface area contributed by atoms with Crippen LogP contribution in [0.4, 0.5) is 0 Å². The van der Waals surface area contributed by atoms with Gasteiger partial charge < -0.3 is 10.4 Å². The highest BCUT2D eigenvalue weighted by Gasteiger charge is 2.53. The van der Waals surface area contributed by atoms with Gasteiger partial charge in [0.2, 0.25) is 0 Å². The summed E-state index contributed by atoms with van der Waals surface area (Å²) in [5.74, 6) is 1.50. The molecule has 0 aromatic rings. The first-order chi connectivity index (χ1) is 9.74. The third-order valence-corrected chi connectivity index (χ3v) is 6.59. The molecule has 0 aromatic heterocycles. The Labute approximate surface area is 123 Å². The summed E-state index contributed by atoms with van der Waals surface area (Å²) in [5.41, 5.74) is 0.775. The minimum Gasteiger partial charge on any atom is -0.391 e. The Bertz CT molecular complexity index is 333. The van der Waals surface area contributed by atoms with E-state index in [4.69, 9.17) is 0 Å². The normalized spacial score (nSPS) is 32.9. The molecule has 0 saturated heterocycles. The lowest BCUT2D eigenvalue weighted by Crippen LogP contribution is -2.52. The third kappa shape index (κ3) is 2.92. The molecule has 20 heavy (non-hydrogen) atoms. The molecule has 2 N–H and O–H groups in total. The topological polar surface area (TPSA) is 32.3 Å². The molecule has 0 aliphatic heterocycles. The van der Waals surface area contributed by atoms with E-state index in [1.807, 2.05) is 0 Å². The number of nitrogens with one attached hydrogen (secondary N) is 1. The summed E-state index contributed by atoms with van der Waals surface area (Å²) in [4.78, 5) is 0. The standard InChI is InChI=1S/C18H31NO/c20-17(14-6-7-14)16(10-13-4-2-1-3-5-13)19-15-11-18(12-15)8-9-18/h13-17,19-20H,1-12H2. The molecule has 0 bridgehead atoms. The second kappa shape index (κ2) is 5.28. The van der Waals surface area contributed by atoms with Crippen molar-refractivity contribution < 1.29 is 5.11 Å². The Balaban J connectivity index is 1.32. The molecule has 0 amide bonds. The van der Waals surface area contributed by atoms with E-state index in [0.717, 1.165) is 17.4 Å². The van der Waals surface area contributed by atoms with E-state index >= 15 is 0 Å². The minimum atomic E-state index is -0.0623. The summed E-state index contributed by atoms with van der Waals surface area (Å²) in [6.07, 6.45) is 16.5. The van der Waals surface area contributed by atoms with Gasteiger partial charge in [-0.05, 0) is 62.2 Å². The van der Waals surface area contributed by atoms with Gasteiger partial charge in [-0.25, -0.2) is 0 Å². The molecule has 4 rings (SSSR count). The Morgan fingerprint density at radius 1 is 1.00 bits per heavy atom. The lowest BCUT2D eigenvalue weighted by Gasteiger charge is -2.41. The molecule has 2 nitrogen and oxygen atoms in total. The van der Waals surface area contributed by atoms with Gasteiger partial charge in [0, 0.05) is 12.1 Å².